The second kappa shape index (κ2) is 6.72. The van der Waals surface area contributed by atoms with Gasteiger partial charge >= 0.3 is 0 Å². The number of anilines is 1. The third kappa shape index (κ3) is 3.38. The number of nitrogens with one attached hydrogen (secondary N) is 1. The van der Waals surface area contributed by atoms with Gasteiger partial charge in [-0.2, -0.15) is 0 Å². The van der Waals surface area contributed by atoms with Gasteiger partial charge < -0.3 is 0 Å². The molecule has 1 amide bonds. The molecule has 0 aliphatic heterocycles. The number of rotatable bonds is 4. The van der Waals surface area contributed by atoms with Crippen molar-refractivity contribution in [2.75, 3.05) is 5.32 Å². The van der Waals surface area contributed by atoms with Crippen molar-refractivity contribution >= 4 is 28.2 Å². The van der Waals surface area contributed by atoms with E-state index in [0.29, 0.717) is 10.7 Å². The predicted octanol–water partition coefficient (Wildman–Crippen LogP) is 4.07. The number of carbonyl (C=O) groups is 2. The Balaban J connectivity index is 1.91. The molecular weight excluding hydrogens is 327 g/mol. The van der Waals surface area contributed by atoms with Gasteiger partial charge in [0.05, 0.1) is 11.3 Å². The molecule has 0 fully saturated rings. The van der Waals surface area contributed by atoms with Gasteiger partial charge in [-0.15, -0.1) is 11.3 Å². The third-order valence-corrected chi connectivity index (χ3v) is 4.24. The van der Waals surface area contributed by atoms with Crippen molar-refractivity contribution in [3.05, 3.63) is 82.1 Å². The predicted molar refractivity (Wildman–Crippen MR) is 91.1 cm³/mol. The molecule has 0 atom stereocenters. The van der Waals surface area contributed by atoms with Crippen molar-refractivity contribution in [2.24, 2.45) is 0 Å². The van der Waals surface area contributed by atoms with Gasteiger partial charge in [0.15, 0.2) is 10.9 Å². The first kappa shape index (κ1) is 16.0. The van der Waals surface area contributed by atoms with Crippen molar-refractivity contribution in [3.8, 4) is 0 Å². The lowest BCUT2D eigenvalue weighted by molar-refractivity contribution is 0.0996. The van der Waals surface area contributed by atoms with Crippen LogP contribution in [-0.4, -0.2) is 16.7 Å². The number of thiazole rings is 1. The summed E-state index contributed by atoms with van der Waals surface area (Å²) in [5.41, 5.74) is 1.64. The Hall–Kier alpha value is -2.86. The van der Waals surface area contributed by atoms with Gasteiger partial charge in [-0.25, -0.2) is 9.37 Å². The zero-order valence-electron chi connectivity index (χ0n) is 12.7. The average molecular weight is 340 g/mol. The Kier molecular flexibility index (Phi) is 4.48. The Morgan fingerprint density at radius 1 is 1.04 bits per heavy atom. The normalized spacial score (nSPS) is 10.4. The molecule has 120 valence electrons. The molecule has 0 unspecified atom stereocenters. The summed E-state index contributed by atoms with van der Waals surface area (Å²) >= 11 is 1.32. The zero-order valence-corrected chi connectivity index (χ0v) is 13.6. The van der Waals surface area contributed by atoms with Crippen molar-refractivity contribution in [2.45, 2.75) is 6.92 Å². The van der Waals surface area contributed by atoms with Crippen LogP contribution in [0, 0.1) is 12.7 Å². The van der Waals surface area contributed by atoms with Crippen molar-refractivity contribution in [3.63, 3.8) is 0 Å². The maximum atomic E-state index is 13.0. The quantitative estimate of drug-likeness (QED) is 0.728. The van der Waals surface area contributed by atoms with Crippen LogP contribution in [0.15, 0.2) is 53.9 Å². The number of nitrogens with zero attached hydrogens (tertiary/aromatic N) is 1. The van der Waals surface area contributed by atoms with E-state index in [0.717, 1.165) is 5.69 Å². The minimum absolute atomic E-state index is 0.250. The van der Waals surface area contributed by atoms with E-state index in [4.69, 9.17) is 0 Å². The molecule has 6 heteroatoms. The lowest BCUT2D eigenvalue weighted by Crippen LogP contribution is -2.16. The minimum Gasteiger partial charge on any atom is -0.298 e. The fraction of sp³-hybridized carbons (Fsp3) is 0.0556. The number of carbonyl (C=O) groups excluding carboxylic acids is 2. The fourth-order valence-corrected chi connectivity index (χ4v) is 2.89. The number of ketones is 1. The molecule has 1 aromatic heterocycles. The maximum Gasteiger partial charge on any atom is 0.258 e. The van der Waals surface area contributed by atoms with Crippen LogP contribution in [0.25, 0.3) is 0 Å². The molecule has 0 aliphatic rings. The van der Waals surface area contributed by atoms with Gasteiger partial charge in [0, 0.05) is 16.5 Å². The standard InChI is InChI=1S/C18H13FN2O2S/c1-11-10-24-18(20-11)21-17(23)15-5-3-2-4-14(15)16(22)12-6-8-13(19)9-7-12/h2-10H,1H3,(H,20,21,23). The summed E-state index contributed by atoms with van der Waals surface area (Å²) in [6, 6.07) is 11.8. The van der Waals surface area contributed by atoms with Crippen LogP contribution < -0.4 is 5.32 Å². The first-order valence-electron chi connectivity index (χ1n) is 7.17. The molecule has 1 heterocycles. The number of aromatic nitrogens is 1. The van der Waals surface area contributed by atoms with Gasteiger partial charge in [-0.1, -0.05) is 18.2 Å². The summed E-state index contributed by atoms with van der Waals surface area (Å²) in [5, 5.41) is 4.99. The average Bonchev–Trinajstić information content (AvgIpc) is 3.00. The van der Waals surface area contributed by atoms with Gasteiger partial charge in [0.2, 0.25) is 0 Å². The van der Waals surface area contributed by atoms with Crippen LogP contribution in [0.5, 0.6) is 0 Å². The summed E-state index contributed by atoms with van der Waals surface area (Å²) in [5.74, 6) is -1.16. The van der Waals surface area contributed by atoms with Crippen LogP contribution in [0.4, 0.5) is 9.52 Å². The SMILES string of the molecule is Cc1csc(NC(=O)c2ccccc2C(=O)c2ccc(F)cc2)n1. The molecule has 1 N–H and O–H groups in total. The highest BCUT2D eigenvalue weighted by Gasteiger charge is 2.18. The van der Waals surface area contributed by atoms with E-state index < -0.39 is 11.7 Å². The Bertz CT molecular complexity index is 903. The Labute approximate surface area is 142 Å². The van der Waals surface area contributed by atoms with Gasteiger partial charge in [0.25, 0.3) is 5.91 Å². The van der Waals surface area contributed by atoms with E-state index in [1.165, 1.54) is 35.6 Å². The number of benzene rings is 2. The number of hydrogen-bond donors (Lipinski definition) is 1. The largest absolute Gasteiger partial charge is 0.298 e. The first-order valence-corrected chi connectivity index (χ1v) is 8.05. The van der Waals surface area contributed by atoms with E-state index in [9.17, 15) is 14.0 Å². The Morgan fingerprint density at radius 3 is 2.33 bits per heavy atom. The molecule has 4 nitrogen and oxygen atoms in total. The van der Waals surface area contributed by atoms with E-state index in [2.05, 4.69) is 10.3 Å². The number of halogens is 1. The second-order valence-electron chi connectivity index (χ2n) is 5.13. The highest BCUT2D eigenvalue weighted by molar-refractivity contribution is 7.13. The fourth-order valence-electron chi connectivity index (χ4n) is 2.21. The lowest BCUT2D eigenvalue weighted by Gasteiger charge is -2.08. The smallest absolute Gasteiger partial charge is 0.258 e. The van der Waals surface area contributed by atoms with E-state index in [-0.39, 0.29) is 16.9 Å². The summed E-state index contributed by atoms with van der Waals surface area (Å²) in [4.78, 5) is 29.3. The van der Waals surface area contributed by atoms with Crippen LogP contribution in [0.3, 0.4) is 0 Å². The molecule has 3 aromatic rings. The molecule has 0 saturated heterocycles. The number of aryl methyl sites for hydroxylation is 1. The van der Waals surface area contributed by atoms with Crippen molar-refractivity contribution in [1.29, 1.82) is 0 Å². The third-order valence-electron chi connectivity index (χ3n) is 3.36. The molecule has 3 rings (SSSR count). The molecule has 0 bridgehead atoms. The Morgan fingerprint density at radius 2 is 1.71 bits per heavy atom. The summed E-state index contributed by atoms with van der Waals surface area (Å²) in [7, 11) is 0. The first-order chi connectivity index (χ1) is 11.5. The molecule has 2 aromatic carbocycles. The van der Waals surface area contributed by atoms with E-state index in [1.807, 2.05) is 12.3 Å². The van der Waals surface area contributed by atoms with E-state index in [1.54, 1.807) is 24.3 Å². The number of hydrogen-bond acceptors (Lipinski definition) is 4. The zero-order chi connectivity index (χ0) is 17.1. The summed E-state index contributed by atoms with van der Waals surface area (Å²) in [6.07, 6.45) is 0. The van der Waals surface area contributed by atoms with Crippen LogP contribution >= 0.6 is 11.3 Å². The summed E-state index contributed by atoms with van der Waals surface area (Å²) in [6.45, 7) is 1.83. The van der Waals surface area contributed by atoms with Gasteiger partial charge in [0.1, 0.15) is 5.82 Å². The highest BCUT2D eigenvalue weighted by Crippen LogP contribution is 2.19. The summed E-state index contributed by atoms with van der Waals surface area (Å²) < 4.78 is 13.0. The monoisotopic (exact) mass is 340 g/mol. The van der Waals surface area contributed by atoms with Crippen molar-refractivity contribution < 1.29 is 14.0 Å². The van der Waals surface area contributed by atoms with Crippen LogP contribution in [0.2, 0.25) is 0 Å². The second-order valence-corrected chi connectivity index (χ2v) is 5.99. The van der Waals surface area contributed by atoms with Gasteiger partial charge in [-0.05, 0) is 37.3 Å². The van der Waals surface area contributed by atoms with Crippen LogP contribution in [-0.2, 0) is 0 Å². The molecule has 0 aliphatic carbocycles. The topological polar surface area (TPSA) is 59.1 Å². The lowest BCUT2D eigenvalue weighted by atomic mass is 9.98. The van der Waals surface area contributed by atoms with Crippen LogP contribution in [0.1, 0.15) is 32.0 Å². The highest BCUT2D eigenvalue weighted by atomic mass is 32.1. The maximum absolute atomic E-state index is 13.0. The van der Waals surface area contributed by atoms with Crippen molar-refractivity contribution in [1.82, 2.24) is 4.98 Å². The molecule has 24 heavy (non-hydrogen) atoms. The van der Waals surface area contributed by atoms with E-state index >= 15 is 0 Å². The molecule has 0 spiro atoms. The molecular formula is C18H13FN2O2S. The number of amides is 1. The van der Waals surface area contributed by atoms with Gasteiger partial charge in [-0.3, -0.25) is 14.9 Å². The molecule has 0 radical (unpaired) electrons. The minimum atomic E-state index is -0.420. The molecule has 0 saturated carbocycles.